The minimum absolute atomic E-state index is 0.0529. The van der Waals surface area contributed by atoms with Gasteiger partial charge in [-0.05, 0) is 104 Å². The molecule has 44 heavy (non-hydrogen) atoms. The number of thiophene rings is 1. The van der Waals surface area contributed by atoms with Gasteiger partial charge in [-0.15, -0.1) is 11.3 Å². The molecule has 5 rings (SSSR count). The highest BCUT2D eigenvalue weighted by atomic mass is 79.9. The molecule has 0 aliphatic carbocycles. The number of hydrogen-bond acceptors (Lipinski definition) is 6. The average Bonchev–Trinajstić information content (AvgIpc) is 3.48. The van der Waals surface area contributed by atoms with E-state index in [9.17, 15) is 13.2 Å². The van der Waals surface area contributed by atoms with E-state index in [2.05, 4.69) is 57.2 Å². The topological polar surface area (TPSA) is 70.2 Å². The van der Waals surface area contributed by atoms with Crippen molar-refractivity contribution in [3.63, 3.8) is 0 Å². The minimum Gasteiger partial charge on any atom is -0.484 e. The van der Waals surface area contributed by atoms with E-state index in [0.29, 0.717) is 29.4 Å². The molecular weight excluding hydrogens is 658 g/mol. The first kappa shape index (κ1) is 32.2. The lowest BCUT2D eigenvalue weighted by Gasteiger charge is -2.34. The number of benzene rings is 3. The summed E-state index contributed by atoms with van der Waals surface area (Å²) in [6, 6.07) is 21.6. The van der Waals surface area contributed by atoms with Crippen LogP contribution in [0.1, 0.15) is 27.1 Å². The number of anilines is 1. The zero-order valence-electron chi connectivity index (χ0n) is 25.8. The number of carbonyl (C=O) groups excluding carboxylic acids is 1. The van der Waals surface area contributed by atoms with Crippen molar-refractivity contribution in [2.75, 3.05) is 44.1 Å². The van der Waals surface area contributed by atoms with Gasteiger partial charge >= 0.3 is 0 Å². The fourth-order valence-corrected chi connectivity index (χ4v) is 8.53. The lowest BCUT2D eigenvalue weighted by molar-refractivity contribution is -0.135. The summed E-state index contributed by atoms with van der Waals surface area (Å²) in [6.07, 6.45) is 0. The van der Waals surface area contributed by atoms with Crippen LogP contribution >= 0.6 is 27.3 Å². The molecule has 0 bridgehead atoms. The zero-order valence-corrected chi connectivity index (χ0v) is 29.0. The summed E-state index contributed by atoms with van der Waals surface area (Å²) in [5, 5.41) is 0. The van der Waals surface area contributed by atoms with Crippen molar-refractivity contribution in [2.24, 2.45) is 0 Å². The molecule has 1 aliphatic heterocycles. The van der Waals surface area contributed by atoms with E-state index < -0.39 is 10.0 Å². The molecule has 0 spiro atoms. The quantitative estimate of drug-likeness (QED) is 0.189. The summed E-state index contributed by atoms with van der Waals surface area (Å²) in [5.74, 6) is 0.465. The number of sulfonamides is 1. The van der Waals surface area contributed by atoms with Crippen LogP contribution in [0.4, 0.5) is 5.69 Å². The Morgan fingerprint density at radius 1 is 0.886 bits per heavy atom. The van der Waals surface area contributed by atoms with Crippen LogP contribution in [0.3, 0.4) is 0 Å². The standard InChI is InChI=1S/C34H38BrN3O4S2/c1-23-20-24(2)26(4)34(25(23)3)44(40,41)36(5)29-10-12-30(13-11-29)42-22-33(39)38-18-16-37(17-19-38)21-31-14-15-32(43-31)27-6-8-28(35)9-7-27/h6-15,20H,16-19,21-22H2,1-5H3. The van der Waals surface area contributed by atoms with Crippen molar-refractivity contribution in [3.8, 4) is 16.2 Å². The van der Waals surface area contributed by atoms with Gasteiger partial charge in [0, 0.05) is 54.0 Å². The Morgan fingerprint density at radius 2 is 1.50 bits per heavy atom. The van der Waals surface area contributed by atoms with Crippen molar-refractivity contribution >= 4 is 48.9 Å². The van der Waals surface area contributed by atoms with E-state index in [4.69, 9.17) is 4.74 Å². The zero-order chi connectivity index (χ0) is 31.6. The highest BCUT2D eigenvalue weighted by Gasteiger charge is 2.27. The third kappa shape index (κ3) is 7.04. The van der Waals surface area contributed by atoms with Crippen LogP contribution in [0.15, 0.2) is 76.1 Å². The molecular formula is C34H38BrN3O4S2. The molecule has 1 saturated heterocycles. The number of ether oxygens (including phenoxy) is 1. The minimum atomic E-state index is -3.76. The van der Waals surface area contributed by atoms with E-state index in [1.165, 1.54) is 19.6 Å². The summed E-state index contributed by atoms with van der Waals surface area (Å²) in [6.45, 7) is 11.3. The first-order valence-electron chi connectivity index (χ1n) is 14.6. The summed E-state index contributed by atoms with van der Waals surface area (Å²) in [4.78, 5) is 20.0. The highest BCUT2D eigenvalue weighted by molar-refractivity contribution is 9.10. The van der Waals surface area contributed by atoms with Gasteiger partial charge in [0.15, 0.2) is 6.61 Å². The van der Waals surface area contributed by atoms with Crippen molar-refractivity contribution in [2.45, 2.75) is 39.1 Å². The highest BCUT2D eigenvalue weighted by Crippen LogP contribution is 2.32. The number of nitrogens with zero attached hydrogens (tertiary/aromatic N) is 3. The van der Waals surface area contributed by atoms with Gasteiger partial charge in [-0.1, -0.05) is 34.1 Å². The van der Waals surface area contributed by atoms with E-state index in [0.717, 1.165) is 46.4 Å². The van der Waals surface area contributed by atoms with Crippen LogP contribution in [0.2, 0.25) is 0 Å². The van der Waals surface area contributed by atoms with Gasteiger partial charge in [-0.2, -0.15) is 0 Å². The molecule has 3 aromatic carbocycles. The molecule has 4 aromatic rings. The third-order valence-corrected chi connectivity index (χ3v) is 12.1. The van der Waals surface area contributed by atoms with Crippen LogP contribution in [0.5, 0.6) is 5.75 Å². The molecule has 0 unspecified atom stereocenters. The van der Waals surface area contributed by atoms with Gasteiger partial charge < -0.3 is 9.64 Å². The predicted molar refractivity (Wildman–Crippen MR) is 182 cm³/mol. The maximum Gasteiger partial charge on any atom is 0.264 e. The van der Waals surface area contributed by atoms with Crippen molar-refractivity contribution < 1.29 is 17.9 Å². The number of rotatable bonds is 9. The maximum atomic E-state index is 13.6. The van der Waals surface area contributed by atoms with Crippen molar-refractivity contribution in [1.29, 1.82) is 0 Å². The number of aryl methyl sites for hydroxylation is 2. The third-order valence-electron chi connectivity index (χ3n) is 8.37. The Labute approximate surface area is 273 Å². The normalized spacial score (nSPS) is 14.1. The molecule has 1 amide bonds. The van der Waals surface area contributed by atoms with Crippen LogP contribution in [0, 0.1) is 27.7 Å². The second-order valence-electron chi connectivity index (χ2n) is 11.3. The lowest BCUT2D eigenvalue weighted by atomic mass is 10.0. The molecule has 0 atom stereocenters. The fourth-order valence-electron chi connectivity index (χ4n) is 5.44. The Bertz CT molecular complexity index is 1720. The van der Waals surface area contributed by atoms with Crippen molar-refractivity contribution in [1.82, 2.24) is 9.80 Å². The summed E-state index contributed by atoms with van der Waals surface area (Å²) >= 11 is 5.30. The van der Waals surface area contributed by atoms with Crippen LogP contribution in [-0.4, -0.2) is 64.0 Å². The number of piperazine rings is 1. The van der Waals surface area contributed by atoms with E-state index in [1.807, 2.05) is 50.0 Å². The Kier molecular flexibility index (Phi) is 9.84. The summed E-state index contributed by atoms with van der Waals surface area (Å²) in [7, 11) is -2.20. The molecule has 0 N–H and O–H groups in total. The van der Waals surface area contributed by atoms with Crippen LogP contribution in [-0.2, 0) is 21.4 Å². The average molecular weight is 697 g/mol. The van der Waals surface area contributed by atoms with E-state index in [1.54, 1.807) is 31.3 Å². The number of carbonyl (C=O) groups is 1. The Morgan fingerprint density at radius 3 is 2.11 bits per heavy atom. The Hall–Kier alpha value is -3.18. The molecule has 2 heterocycles. The summed E-state index contributed by atoms with van der Waals surface area (Å²) in [5.41, 5.74) is 5.15. The maximum absolute atomic E-state index is 13.6. The van der Waals surface area contributed by atoms with Gasteiger partial charge in [0.2, 0.25) is 0 Å². The molecule has 7 nitrogen and oxygen atoms in total. The molecule has 0 radical (unpaired) electrons. The first-order chi connectivity index (χ1) is 20.9. The molecule has 10 heteroatoms. The van der Waals surface area contributed by atoms with Gasteiger partial charge in [0.25, 0.3) is 15.9 Å². The van der Waals surface area contributed by atoms with Crippen molar-refractivity contribution in [3.05, 3.63) is 98.3 Å². The molecule has 1 fully saturated rings. The smallest absolute Gasteiger partial charge is 0.264 e. The predicted octanol–water partition coefficient (Wildman–Crippen LogP) is 6.96. The number of halogens is 1. The van der Waals surface area contributed by atoms with Crippen LogP contribution in [0.25, 0.3) is 10.4 Å². The monoisotopic (exact) mass is 695 g/mol. The second kappa shape index (κ2) is 13.4. The van der Waals surface area contributed by atoms with E-state index >= 15 is 0 Å². The Balaban J connectivity index is 1.12. The number of amides is 1. The molecule has 1 aliphatic rings. The van der Waals surface area contributed by atoms with E-state index in [-0.39, 0.29) is 12.5 Å². The lowest BCUT2D eigenvalue weighted by Crippen LogP contribution is -2.49. The van der Waals surface area contributed by atoms with Gasteiger partial charge in [0.1, 0.15) is 5.75 Å². The number of hydrogen-bond donors (Lipinski definition) is 0. The molecule has 232 valence electrons. The molecule has 1 aromatic heterocycles. The van der Waals surface area contributed by atoms with Crippen LogP contribution < -0.4 is 9.04 Å². The van der Waals surface area contributed by atoms with Gasteiger partial charge in [0.05, 0.1) is 10.6 Å². The van der Waals surface area contributed by atoms with Gasteiger partial charge in [-0.3, -0.25) is 14.0 Å². The second-order valence-corrected chi connectivity index (χ2v) is 15.3. The SMILES string of the molecule is Cc1cc(C)c(C)c(S(=O)(=O)N(C)c2ccc(OCC(=O)N3CCN(Cc4ccc(-c5ccc(Br)cc5)s4)CC3)cc2)c1C. The largest absolute Gasteiger partial charge is 0.484 e. The first-order valence-corrected chi connectivity index (χ1v) is 17.6. The molecule has 0 saturated carbocycles. The fraction of sp³-hybridized carbons (Fsp3) is 0.324. The van der Waals surface area contributed by atoms with Gasteiger partial charge in [-0.25, -0.2) is 8.42 Å². The summed E-state index contributed by atoms with van der Waals surface area (Å²) < 4.78 is 35.3.